The molecule has 1 aromatic carbocycles. The first-order valence-electron chi connectivity index (χ1n) is 4.66. The molecule has 7 nitrogen and oxygen atoms in total. The number of nitrogens with one attached hydrogen (secondary N) is 1. The maximum absolute atomic E-state index is 11.8. The summed E-state index contributed by atoms with van der Waals surface area (Å²) in [5, 5.41) is 13.9. The molecule has 0 unspecified atom stereocenters. The summed E-state index contributed by atoms with van der Waals surface area (Å²) in [6.07, 6.45) is 0. The Morgan fingerprint density at radius 2 is 2.29 bits per heavy atom. The third-order valence-corrected chi connectivity index (χ3v) is 2.23. The van der Waals surface area contributed by atoms with Crippen LogP contribution in [0, 0.1) is 0 Å². The number of tetrazole rings is 1. The second-order valence-electron chi connectivity index (χ2n) is 3.29. The Bertz CT molecular complexity index is 566. The van der Waals surface area contributed by atoms with Gasteiger partial charge < -0.3 is 5.73 Å². The molecule has 2 rings (SSSR count). The van der Waals surface area contributed by atoms with Crippen LogP contribution >= 0.6 is 11.6 Å². The Morgan fingerprint density at radius 3 is 2.94 bits per heavy atom. The number of hydrogen-bond acceptors (Lipinski definition) is 5. The van der Waals surface area contributed by atoms with Gasteiger partial charge in [0.25, 0.3) is 11.9 Å². The van der Waals surface area contributed by atoms with Crippen LogP contribution in [0.2, 0.25) is 5.02 Å². The quantitative estimate of drug-likeness (QED) is 0.767. The first kappa shape index (κ1) is 11.3. The summed E-state index contributed by atoms with van der Waals surface area (Å²) in [5.41, 5.74) is 6.27. The number of nitrogens with two attached hydrogens (primary N) is 1. The normalized spacial score (nSPS) is 10.2. The highest BCUT2D eigenvalue weighted by Gasteiger charge is 2.12. The van der Waals surface area contributed by atoms with E-state index in [-0.39, 0.29) is 11.5 Å². The molecule has 1 heterocycles. The van der Waals surface area contributed by atoms with Crippen molar-refractivity contribution in [2.45, 2.75) is 0 Å². The minimum absolute atomic E-state index is 0.108. The molecule has 1 aromatic heterocycles. The van der Waals surface area contributed by atoms with E-state index in [1.165, 1.54) is 10.9 Å². The monoisotopic (exact) mass is 252 g/mol. The van der Waals surface area contributed by atoms with E-state index in [1.807, 2.05) is 0 Å². The summed E-state index contributed by atoms with van der Waals surface area (Å²) in [7, 11) is 1.59. The SMILES string of the molecule is Cn1nnc(NC(=O)c2cc(Cl)ccc2N)n1. The zero-order valence-electron chi connectivity index (χ0n) is 8.88. The van der Waals surface area contributed by atoms with Gasteiger partial charge in [-0.1, -0.05) is 16.7 Å². The molecule has 0 spiro atoms. The maximum atomic E-state index is 11.8. The summed E-state index contributed by atoms with van der Waals surface area (Å²) in [5.74, 6) is -0.324. The molecule has 88 valence electrons. The topological polar surface area (TPSA) is 98.7 Å². The number of nitrogen functional groups attached to an aromatic ring is 1. The van der Waals surface area contributed by atoms with Crippen LogP contribution in [-0.2, 0) is 7.05 Å². The maximum Gasteiger partial charge on any atom is 0.270 e. The molecular formula is C9H9ClN6O. The zero-order valence-corrected chi connectivity index (χ0v) is 9.64. The summed E-state index contributed by atoms with van der Waals surface area (Å²) in [6, 6.07) is 4.64. The molecule has 0 aliphatic carbocycles. The van der Waals surface area contributed by atoms with E-state index < -0.39 is 5.91 Å². The molecule has 1 amide bonds. The molecule has 17 heavy (non-hydrogen) atoms. The molecular weight excluding hydrogens is 244 g/mol. The highest BCUT2D eigenvalue weighted by atomic mass is 35.5. The number of anilines is 2. The zero-order chi connectivity index (χ0) is 12.4. The Kier molecular flexibility index (Phi) is 2.92. The van der Waals surface area contributed by atoms with E-state index in [4.69, 9.17) is 17.3 Å². The van der Waals surface area contributed by atoms with E-state index in [0.29, 0.717) is 10.7 Å². The molecule has 0 fully saturated rings. The van der Waals surface area contributed by atoms with Crippen LogP contribution in [0.5, 0.6) is 0 Å². The molecule has 0 bridgehead atoms. The largest absolute Gasteiger partial charge is 0.398 e. The number of nitrogens with zero attached hydrogens (tertiary/aromatic N) is 4. The number of amides is 1. The summed E-state index contributed by atoms with van der Waals surface area (Å²) < 4.78 is 0. The van der Waals surface area contributed by atoms with Crippen molar-refractivity contribution in [1.82, 2.24) is 20.2 Å². The molecule has 2 aromatic rings. The van der Waals surface area contributed by atoms with Gasteiger partial charge in [0.2, 0.25) is 0 Å². The molecule has 0 saturated carbocycles. The van der Waals surface area contributed by atoms with Crippen LogP contribution in [0.25, 0.3) is 0 Å². The fourth-order valence-corrected chi connectivity index (χ4v) is 1.40. The fraction of sp³-hybridized carbons (Fsp3) is 0.111. The van der Waals surface area contributed by atoms with Gasteiger partial charge in [-0.3, -0.25) is 10.1 Å². The Hall–Kier alpha value is -2.15. The third-order valence-electron chi connectivity index (χ3n) is 1.99. The number of hydrogen-bond donors (Lipinski definition) is 2. The van der Waals surface area contributed by atoms with Crippen LogP contribution in [-0.4, -0.2) is 26.1 Å². The second kappa shape index (κ2) is 4.38. The average Bonchev–Trinajstić information content (AvgIpc) is 2.67. The van der Waals surface area contributed by atoms with Gasteiger partial charge in [0.1, 0.15) is 0 Å². The number of carbonyl (C=O) groups excluding carboxylic acids is 1. The standard InChI is InChI=1S/C9H9ClN6O/c1-16-14-9(13-15-16)12-8(17)6-4-5(10)2-3-7(6)11/h2-4H,11H2,1H3,(H,12,14,17). The third kappa shape index (κ3) is 2.51. The van der Waals surface area contributed by atoms with E-state index in [0.717, 1.165) is 0 Å². The first-order valence-corrected chi connectivity index (χ1v) is 5.04. The number of halogens is 1. The van der Waals surface area contributed by atoms with Crippen molar-refractivity contribution in [1.29, 1.82) is 0 Å². The minimum atomic E-state index is -0.432. The highest BCUT2D eigenvalue weighted by molar-refractivity contribution is 6.31. The highest BCUT2D eigenvalue weighted by Crippen LogP contribution is 2.18. The fourth-order valence-electron chi connectivity index (χ4n) is 1.23. The Labute approximate surface area is 102 Å². The number of rotatable bonds is 2. The van der Waals surface area contributed by atoms with E-state index in [2.05, 4.69) is 20.7 Å². The minimum Gasteiger partial charge on any atom is -0.398 e. The molecule has 3 N–H and O–H groups in total. The van der Waals surface area contributed by atoms with E-state index in [1.54, 1.807) is 19.2 Å². The number of benzene rings is 1. The Morgan fingerprint density at radius 1 is 1.53 bits per heavy atom. The van der Waals surface area contributed by atoms with Crippen molar-refractivity contribution in [2.75, 3.05) is 11.1 Å². The molecule has 0 aliphatic heterocycles. The predicted octanol–water partition coefficient (Wildman–Crippen LogP) is 0.698. The summed E-state index contributed by atoms with van der Waals surface area (Å²) in [4.78, 5) is 13.1. The average molecular weight is 253 g/mol. The van der Waals surface area contributed by atoms with Crippen molar-refractivity contribution in [3.63, 3.8) is 0 Å². The van der Waals surface area contributed by atoms with Gasteiger partial charge in [-0.2, -0.15) is 4.80 Å². The van der Waals surface area contributed by atoms with Crippen LogP contribution < -0.4 is 11.1 Å². The van der Waals surface area contributed by atoms with E-state index >= 15 is 0 Å². The first-order chi connectivity index (χ1) is 8.06. The molecule has 8 heteroatoms. The van der Waals surface area contributed by atoms with Gasteiger partial charge in [-0.15, -0.1) is 5.10 Å². The molecule has 0 atom stereocenters. The van der Waals surface area contributed by atoms with Gasteiger partial charge in [0, 0.05) is 10.7 Å². The molecule has 0 aliphatic rings. The van der Waals surface area contributed by atoms with E-state index in [9.17, 15) is 4.79 Å². The van der Waals surface area contributed by atoms with Crippen LogP contribution in [0.1, 0.15) is 10.4 Å². The lowest BCUT2D eigenvalue weighted by Crippen LogP contribution is -2.15. The lowest BCUT2D eigenvalue weighted by atomic mass is 10.1. The van der Waals surface area contributed by atoms with Crippen LogP contribution in [0.4, 0.5) is 11.6 Å². The van der Waals surface area contributed by atoms with Crippen molar-refractivity contribution in [3.8, 4) is 0 Å². The van der Waals surface area contributed by atoms with Crippen LogP contribution in [0.3, 0.4) is 0 Å². The lowest BCUT2D eigenvalue weighted by molar-refractivity contribution is 0.102. The predicted molar refractivity (Wildman–Crippen MR) is 62.6 cm³/mol. The second-order valence-corrected chi connectivity index (χ2v) is 3.72. The molecule has 0 radical (unpaired) electrons. The van der Waals surface area contributed by atoms with Gasteiger partial charge in [0.05, 0.1) is 12.6 Å². The summed E-state index contributed by atoms with van der Waals surface area (Å²) >= 11 is 5.78. The van der Waals surface area contributed by atoms with Gasteiger partial charge in [0.15, 0.2) is 0 Å². The lowest BCUT2D eigenvalue weighted by Gasteiger charge is -2.04. The number of carbonyl (C=O) groups is 1. The smallest absolute Gasteiger partial charge is 0.270 e. The van der Waals surface area contributed by atoms with Crippen molar-refractivity contribution in [3.05, 3.63) is 28.8 Å². The number of aryl methyl sites for hydroxylation is 1. The van der Waals surface area contributed by atoms with Gasteiger partial charge >= 0.3 is 0 Å². The van der Waals surface area contributed by atoms with Crippen LogP contribution in [0.15, 0.2) is 18.2 Å². The van der Waals surface area contributed by atoms with Gasteiger partial charge in [-0.05, 0) is 23.4 Å². The van der Waals surface area contributed by atoms with Crippen molar-refractivity contribution >= 4 is 29.1 Å². The van der Waals surface area contributed by atoms with Gasteiger partial charge in [-0.25, -0.2) is 0 Å². The van der Waals surface area contributed by atoms with Crippen molar-refractivity contribution in [2.24, 2.45) is 7.05 Å². The summed E-state index contributed by atoms with van der Waals surface area (Å²) in [6.45, 7) is 0. The molecule has 0 saturated heterocycles. The Balaban J connectivity index is 2.22. The van der Waals surface area contributed by atoms with Crippen molar-refractivity contribution < 1.29 is 4.79 Å². The number of aromatic nitrogens is 4.